The van der Waals surface area contributed by atoms with Gasteiger partial charge >= 0.3 is 0 Å². The van der Waals surface area contributed by atoms with Gasteiger partial charge in [-0.2, -0.15) is 0 Å². The highest BCUT2D eigenvalue weighted by Crippen LogP contribution is 2.42. The lowest BCUT2D eigenvalue weighted by Crippen LogP contribution is -2.11. The van der Waals surface area contributed by atoms with Crippen molar-refractivity contribution in [2.75, 3.05) is 4.90 Å². The number of fused-ring (bicyclic) bond motifs is 1. The maximum atomic E-state index is 7.30. The molecule has 31 heavy (non-hydrogen) atoms. The molecule has 0 aliphatic rings. The summed E-state index contributed by atoms with van der Waals surface area (Å²) < 4.78 is 0. The van der Waals surface area contributed by atoms with Crippen LogP contribution in [0.3, 0.4) is 0 Å². The summed E-state index contributed by atoms with van der Waals surface area (Å²) in [7, 11) is 0. The van der Waals surface area contributed by atoms with Crippen molar-refractivity contribution < 1.29 is 0 Å². The minimum atomic E-state index is 0.638. The van der Waals surface area contributed by atoms with Crippen molar-refractivity contribution in [3.63, 3.8) is 0 Å². The molecule has 0 heterocycles. The van der Waals surface area contributed by atoms with E-state index in [-0.39, 0.29) is 0 Å². The van der Waals surface area contributed by atoms with Gasteiger partial charge in [-0.05, 0) is 52.7 Å². The summed E-state index contributed by atoms with van der Waals surface area (Å²) in [6.07, 6.45) is 0. The zero-order chi connectivity index (χ0) is 21.0. The molecule has 0 aliphatic carbocycles. The highest BCUT2D eigenvalue weighted by atomic mass is 15.1. The van der Waals surface area contributed by atoms with Gasteiger partial charge in [-0.25, -0.2) is 4.85 Å². The second kappa shape index (κ2) is 8.18. The van der Waals surface area contributed by atoms with Gasteiger partial charge in [0.1, 0.15) is 0 Å². The fourth-order valence-electron chi connectivity index (χ4n) is 3.94. The molecule has 5 aromatic rings. The maximum Gasteiger partial charge on any atom is 0.187 e. The Morgan fingerprint density at radius 1 is 0.548 bits per heavy atom. The normalized spacial score (nSPS) is 10.5. The van der Waals surface area contributed by atoms with Gasteiger partial charge in [-0.3, -0.25) is 0 Å². The lowest BCUT2D eigenvalue weighted by Gasteiger charge is -2.28. The second-order valence-corrected chi connectivity index (χ2v) is 7.38. The Labute approximate surface area is 182 Å². The number of nitrogens with zero attached hydrogens (tertiary/aromatic N) is 2. The van der Waals surface area contributed by atoms with E-state index in [2.05, 4.69) is 94.7 Å². The third kappa shape index (κ3) is 3.66. The first-order valence-corrected chi connectivity index (χ1v) is 10.2. The molecule has 0 bridgehead atoms. The van der Waals surface area contributed by atoms with Crippen molar-refractivity contribution in [3.8, 4) is 11.1 Å². The number of rotatable bonds is 4. The van der Waals surface area contributed by atoms with Crippen LogP contribution in [0.15, 0.2) is 121 Å². The highest BCUT2D eigenvalue weighted by Gasteiger charge is 2.18. The summed E-state index contributed by atoms with van der Waals surface area (Å²) in [6, 6.07) is 41.6. The predicted molar refractivity (Wildman–Crippen MR) is 130 cm³/mol. The van der Waals surface area contributed by atoms with E-state index < -0.39 is 0 Å². The Bertz CT molecular complexity index is 1370. The summed E-state index contributed by atoms with van der Waals surface area (Å²) in [5.74, 6) is 0. The first kappa shape index (κ1) is 18.7. The van der Waals surface area contributed by atoms with Crippen LogP contribution in [-0.4, -0.2) is 0 Å². The van der Waals surface area contributed by atoms with E-state index in [1.165, 1.54) is 16.3 Å². The van der Waals surface area contributed by atoms with Crippen LogP contribution >= 0.6 is 0 Å². The van der Waals surface area contributed by atoms with Crippen LogP contribution in [-0.2, 0) is 0 Å². The average Bonchev–Trinajstić information content (AvgIpc) is 2.85. The van der Waals surface area contributed by atoms with Gasteiger partial charge in [-0.1, -0.05) is 84.9 Å². The van der Waals surface area contributed by atoms with Crippen LogP contribution in [0.4, 0.5) is 22.7 Å². The second-order valence-electron chi connectivity index (χ2n) is 7.38. The van der Waals surface area contributed by atoms with Gasteiger partial charge in [0.05, 0.1) is 12.3 Å². The van der Waals surface area contributed by atoms with Gasteiger partial charge in [0, 0.05) is 16.9 Å². The molecule has 146 valence electrons. The SMILES string of the molecule is [C-]#[N+]c1ccc(N(c2ccccc2)c2cc3ccccc3cc2-c2ccccc2)cc1. The van der Waals surface area contributed by atoms with Crippen LogP contribution in [0.1, 0.15) is 0 Å². The van der Waals surface area contributed by atoms with Crippen LogP contribution in [0.25, 0.3) is 26.7 Å². The molecule has 2 heteroatoms. The summed E-state index contributed by atoms with van der Waals surface area (Å²) in [4.78, 5) is 5.82. The first-order valence-electron chi connectivity index (χ1n) is 10.2. The van der Waals surface area contributed by atoms with E-state index in [1.807, 2.05) is 36.4 Å². The maximum absolute atomic E-state index is 7.30. The van der Waals surface area contributed by atoms with Crippen LogP contribution in [0.5, 0.6) is 0 Å². The van der Waals surface area contributed by atoms with Gasteiger partial charge < -0.3 is 4.90 Å². The molecule has 0 aliphatic heterocycles. The van der Waals surface area contributed by atoms with Crippen LogP contribution in [0.2, 0.25) is 0 Å². The summed E-state index contributed by atoms with van der Waals surface area (Å²) >= 11 is 0. The highest BCUT2D eigenvalue weighted by molar-refractivity contribution is 5.98. The Morgan fingerprint density at radius 2 is 1.10 bits per heavy atom. The first-order chi connectivity index (χ1) is 15.3. The van der Waals surface area contributed by atoms with Crippen molar-refractivity contribution in [2.45, 2.75) is 0 Å². The Kier molecular flexibility index (Phi) is 4.92. The number of benzene rings is 5. The minimum absolute atomic E-state index is 0.638. The number of hydrogen-bond acceptors (Lipinski definition) is 1. The molecule has 0 saturated heterocycles. The standard InChI is InChI=1S/C29H20N2/c1-30-25-16-18-27(19-17-25)31(26-14-6-3-7-15-26)29-21-24-13-9-8-12-23(24)20-28(29)22-10-4-2-5-11-22/h2-21H. The molecule has 0 aromatic heterocycles. The molecule has 0 saturated carbocycles. The lowest BCUT2D eigenvalue weighted by molar-refractivity contribution is 1.29. The molecule has 5 aromatic carbocycles. The fraction of sp³-hybridized carbons (Fsp3) is 0. The Hall–Kier alpha value is -4.35. The average molecular weight is 396 g/mol. The zero-order valence-electron chi connectivity index (χ0n) is 16.9. The van der Waals surface area contributed by atoms with E-state index in [0.717, 1.165) is 22.6 Å². The molecule has 0 spiro atoms. The topological polar surface area (TPSA) is 7.60 Å². The molecule has 0 amide bonds. The van der Waals surface area contributed by atoms with Crippen molar-refractivity contribution in [2.24, 2.45) is 0 Å². The van der Waals surface area contributed by atoms with Crippen molar-refractivity contribution in [1.29, 1.82) is 0 Å². The monoisotopic (exact) mass is 396 g/mol. The quantitative estimate of drug-likeness (QED) is 0.276. The van der Waals surface area contributed by atoms with Crippen LogP contribution in [0, 0.1) is 6.57 Å². The summed E-state index contributed by atoms with van der Waals surface area (Å²) in [5, 5.41) is 2.40. The zero-order valence-corrected chi connectivity index (χ0v) is 16.9. The van der Waals surface area contributed by atoms with Gasteiger partial charge in [0.15, 0.2) is 5.69 Å². The largest absolute Gasteiger partial charge is 0.310 e. The molecule has 0 unspecified atom stereocenters. The van der Waals surface area contributed by atoms with Crippen LogP contribution < -0.4 is 4.90 Å². The summed E-state index contributed by atoms with van der Waals surface area (Å²) in [6.45, 7) is 7.30. The van der Waals surface area contributed by atoms with Crippen molar-refractivity contribution in [3.05, 3.63) is 133 Å². The summed E-state index contributed by atoms with van der Waals surface area (Å²) in [5.41, 5.74) is 6.17. The molecule has 5 rings (SSSR count). The molecule has 0 N–H and O–H groups in total. The molecule has 0 atom stereocenters. The molecule has 2 nitrogen and oxygen atoms in total. The van der Waals surface area contributed by atoms with Gasteiger partial charge in [-0.15, -0.1) is 0 Å². The third-order valence-electron chi connectivity index (χ3n) is 5.44. The number of hydrogen-bond donors (Lipinski definition) is 0. The lowest BCUT2D eigenvalue weighted by atomic mass is 9.97. The smallest absolute Gasteiger partial charge is 0.187 e. The van der Waals surface area contributed by atoms with Crippen molar-refractivity contribution >= 4 is 33.5 Å². The molecular formula is C29H20N2. The fourth-order valence-corrected chi connectivity index (χ4v) is 3.94. The van der Waals surface area contributed by atoms with E-state index in [0.29, 0.717) is 5.69 Å². The van der Waals surface area contributed by atoms with E-state index >= 15 is 0 Å². The predicted octanol–water partition coefficient (Wildman–Crippen LogP) is 8.53. The molecule has 0 radical (unpaired) electrons. The Morgan fingerprint density at radius 3 is 1.74 bits per heavy atom. The Balaban J connectivity index is 1.81. The third-order valence-corrected chi connectivity index (χ3v) is 5.44. The van der Waals surface area contributed by atoms with Crippen molar-refractivity contribution in [1.82, 2.24) is 0 Å². The molecular weight excluding hydrogens is 376 g/mol. The minimum Gasteiger partial charge on any atom is -0.310 e. The number of anilines is 3. The van der Waals surface area contributed by atoms with E-state index in [4.69, 9.17) is 6.57 Å². The van der Waals surface area contributed by atoms with Gasteiger partial charge in [0.25, 0.3) is 0 Å². The molecule has 0 fully saturated rings. The van der Waals surface area contributed by atoms with E-state index in [1.54, 1.807) is 0 Å². The number of para-hydroxylation sites is 1. The van der Waals surface area contributed by atoms with E-state index in [9.17, 15) is 0 Å². The van der Waals surface area contributed by atoms with Gasteiger partial charge in [0.2, 0.25) is 0 Å².